The normalized spacial score (nSPS) is 34.1. The van der Waals surface area contributed by atoms with Crippen molar-refractivity contribution in [1.29, 1.82) is 0 Å². The van der Waals surface area contributed by atoms with Crippen molar-refractivity contribution in [3.8, 4) is 0 Å². The Balaban J connectivity index is 2.00. The van der Waals surface area contributed by atoms with Crippen LogP contribution in [0.4, 0.5) is 0 Å². The van der Waals surface area contributed by atoms with Gasteiger partial charge in [0, 0.05) is 5.92 Å². The predicted molar refractivity (Wildman–Crippen MR) is 102 cm³/mol. The van der Waals surface area contributed by atoms with Crippen LogP contribution in [0.3, 0.4) is 0 Å². The highest BCUT2D eigenvalue weighted by Gasteiger charge is 2.50. The van der Waals surface area contributed by atoms with E-state index in [0.717, 1.165) is 19.3 Å². The Kier molecular flexibility index (Phi) is 4.66. The number of carbonyl (C=O) groups is 1. The van der Waals surface area contributed by atoms with Gasteiger partial charge in [-0.15, -0.1) is 0 Å². The molecule has 0 spiro atoms. The molecule has 1 saturated carbocycles. The van der Waals surface area contributed by atoms with Gasteiger partial charge >= 0.3 is 0 Å². The van der Waals surface area contributed by atoms with E-state index in [4.69, 9.17) is 0 Å². The Bertz CT molecular complexity index is 600. The second-order valence-electron chi connectivity index (χ2n) is 9.45. The molecule has 3 aliphatic carbocycles. The van der Waals surface area contributed by atoms with Gasteiger partial charge in [-0.25, -0.2) is 0 Å². The third kappa shape index (κ3) is 3.07. The van der Waals surface area contributed by atoms with Crippen molar-refractivity contribution >= 4 is 5.78 Å². The fourth-order valence-electron chi connectivity index (χ4n) is 5.61. The molecule has 3 unspecified atom stereocenters. The van der Waals surface area contributed by atoms with Gasteiger partial charge in [-0.3, -0.25) is 4.79 Å². The first-order valence-corrected chi connectivity index (χ1v) is 9.90. The van der Waals surface area contributed by atoms with Crippen LogP contribution in [-0.2, 0) is 4.79 Å². The molecule has 0 heterocycles. The highest BCUT2D eigenvalue weighted by Crippen LogP contribution is 2.58. The minimum absolute atomic E-state index is 0.188. The lowest BCUT2D eigenvalue weighted by atomic mass is 9.51. The van der Waals surface area contributed by atoms with Crippen LogP contribution in [0.2, 0.25) is 0 Å². The number of hydrogen-bond donors (Lipinski definition) is 0. The standard InChI is InChI=1S/C23H34O/c1-6-7-11-20(24)18-10-8-9-16-14-17-15-22(2,3)13-12-19(17)23(4,5)21(16)18/h7,11,14-15,18-19,21H,6,8-10,12-13H2,1-5H3. The van der Waals surface area contributed by atoms with Crippen LogP contribution in [-0.4, -0.2) is 5.78 Å². The van der Waals surface area contributed by atoms with E-state index in [1.807, 2.05) is 12.2 Å². The molecule has 0 aliphatic heterocycles. The van der Waals surface area contributed by atoms with Gasteiger partial charge in [0.25, 0.3) is 0 Å². The molecule has 1 nitrogen and oxygen atoms in total. The molecule has 0 aromatic rings. The van der Waals surface area contributed by atoms with E-state index in [1.54, 1.807) is 11.1 Å². The van der Waals surface area contributed by atoms with Gasteiger partial charge in [-0.05, 0) is 72.8 Å². The summed E-state index contributed by atoms with van der Waals surface area (Å²) >= 11 is 0. The Morgan fingerprint density at radius 2 is 2.00 bits per heavy atom. The molecule has 24 heavy (non-hydrogen) atoms. The molecule has 3 rings (SSSR count). The van der Waals surface area contributed by atoms with Crippen LogP contribution in [0, 0.1) is 28.6 Å². The van der Waals surface area contributed by atoms with E-state index < -0.39 is 0 Å². The summed E-state index contributed by atoms with van der Waals surface area (Å²) in [7, 11) is 0. The third-order valence-corrected chi connectivity index (χ3v) is 6.75. The number of allylic oxidation sites excluding steroid dienone is 6. The Morgan fingerprint density at radius 3 is 2.71 bits per heavy atom. The maximum Gasteiger partial charge on any atom is 0.159 e. The maximum atomic E-state index is 12.8. The van der Waals surface area contributed by atoms with Crippen LogP contribution >= 0.6 is 0 Å². The summed E-state index contributed by atoms with van der Waals surface area (Å²) < 4.78 is 0. The van der Waals surface area contributed by atoms with Crippen molar-refractivity contribution in [1.82, 2.24) is 0 Å². The van der Waals surface area contributed by atoms with Gasteiger partial charge in [0.2, 0.25) is 0 Å². The van der Waals surface area contributed by atoms with Crippen LogP contribution in [0.5, 0.6) is 0 Å². The molecular weight excluding hydrogens is 292 g/mol. The van der Waals surface area contributed by atoms with Crippen LogP contribution < -0.4 is 0 Å². The summed E-state index contributed by atoms with van der Waals surface area (Å²) in [4.78, 5) is 12.8. The minimum atomic E-state index is 0.188. The lowest BCUT2D eigenvalue weighted by Gasteiger charge is -2.53. The van der Waals surface area contributed by atoms with E-state index >= 15 is 0 Å². The van der Waals surface area contributed by atoms with Crippen LogP contribution in [0.1, 0.15) is 73.1 Å². The molecule has 132 valence electrons. The SMILES string of the molecule is CCC=CC(=O)C1CCCC2=CC3=CC(C)(C)CCC3C(C)(C)C21. The smallest absolute Gasteiger partial charge is 0.159 e. The van der Waals surface area contributed by atoms with Gasteiger partial charge in [-0.1, -0.05) is 58.4 Å². The van der Waals surface area contributed by atoms with Gasteiger partial charge < -0.3 is 0 Å². The second kappa shape index (κ2) is 6.32. The first-order valence-electron chi connectivity index (χ1n) is 9.90. The maximum absolute atomic E-state index is 12.8. The van der Waals surface area contributed by atoms with Gasteiger partial charge in [-0.2, -0.15) is 0 Å². The highest BCUT2D eigenvalue weighted by molar-refractivity contribution is 5.92. The van der Waals surface area contributed by atoms with Crippen molar-refractivity contribution < 1.29 is 4.79 Å². The Morgan fingerprint density at radius 1 is 1.25 bits per heavy atom. The summed E-state index contributed by atoms with van der Waals surface area (Å²) in [5, 5.41) is 0. The fraction of sp³-hybridized carbons (Fsp3) is 0.696. The number of fused-ring (bicyclic) bond motifs is 2. The predicted octanol–water partition coefficient (Wildman–Crippen LogP) is 6.27. The summed E-state index contributed by atoms with van der Waals surface area (Å²) in [6, 6.07) is 0. The molecule has 3 aliphatic rings. The quantitative estimate of drug-likeness (QED) is 0.559. The van der Waals surface area contributed by atoms with Gasteiger partial charge in [0.05, 0.1) is 0 Å². The molecule has 0 radical (unpaired) electrons. The van der Waals surface area contributed by atoms with Crippen LogP contribution in [0.25, 0.3) is 0 Å². The molecule has 0 N–H and O–H groups in total. The van der Waals surface area contributed by atoms with E-state index in [0.29, 0.717) is 23.0 Å². The van der Waals surface area contributed by atoms with Crippen molar-refractivity contribution in [3.05, 3.63) is 35.5 Å². The average molecular weight is 327 g/mol. The van der Waals surface area contributed by atoms with E-state index in [1.165, 1.54) is 19.3 Å². The van der Waals surface area contributed by atoms with Crippen molar-refractivity contribution in [3.63, 3.8) is 0 Å². The van der Waals surface area contributed by atoms with Crippen molar-refractivity contribution in [2.45, 2.75) is 73.1 Å². The van der Waals surface area contributed by atoms with Crippen molar-refractivity contribution in [2.24, 2.45) is 28.6 Å². The zero-order chi connectivity index (χ0) is 17.5. The summed E-state index contributed by atoms with van der Waals surface area (Å²) in [5.74, 6) is 1.61. The molecule has 1 heteroatoms. The fourth-order valence-corrected chi connectivity index (χ4v) is 5.61. The number of rotatable bonds is 3. The summed E-state index contributed by atoms with van der Waals surface area (Å²) in [6.45, 7) is 11.7. The number of hydrogen-bond acceptors (Lipinski definition) is 1. The highest BCUT2D eigenvalue weighted by atomic mass is 16.1. The molecule has 3 atom stereocenters. The number of ketones is 1. The zero-order valence-corrected chi connectivity index (χ0v) is 16.2. The topological polar surface area (TPSA) is 17.1 Å². The van der Waals surface area contributed by atoms with E-state index in [-0.39, 0.29) is 11.3 Å². The molecule has 1 fully saturated rings. The second-order valence-corrected chi connectivity index (χ2v) is 9.45. The minimum Gasteiger partial charge on any atom is -0.295 e. The molecule has 0 bridgehead atoms. The molecular formula is C23H34O. The number of carbonyl (C=O) groups excluding carboxylic acids is 1. The van der Waals surface area contributed by atoms with Gasteiger partial charge in [0.1, 0.15) is 0 Å². The van der Waals surface area contributed by atoms with E-state index in [9.17, 15) is 4.79 Å². The first-order chi connectivity index (χ1) is 11.3. The zero-order valence-electron chi connectivity index (χ0n) is 16.2. The Labute approximate surface area is 148 Å². The third-order valence-electron chi connectivity index (χ3n) is 6.75. The van der Waals surface area contributed by atoms with E-state index in [2.05, 4.69) is 46.8 Å². The lowest BCUT2D eigenvalue weighted by molar-refractivity contribution is -0.122. The molecule has 0 aromatic carbocycles. The largest absolute Gasteiger partial charge is 0.295 e. The molecule has 0 saturated heterocycles. The van der Waals surface area contributed by atoms with Gasteiger partial charge in [0.15, 0.2) is 5.78 Å². The first kappa shape index (κ1) is 17.7. The summed E-state index contributed by atoms with van der Waals surface area (Å²) in [5.41, 5.74) is 3.61. The average Bonchev–Trinajstić information content (AvgIpc) is 2.50. The Hall–Kier alpha value is -1.11. The lowest BCUT2D eigenvalue weighted by Crippen LogP contribution is -2.46. The van der Waals surface area contributed by atoms with Crippen LogP contribution in [0.15, 0.2) is 35.5 Å². The molecule has 0 amide bonds. The monoisotopic (exact) mass is 326 g/mol. The summed E-state index contributed by atoms with van der Waals surface area (Å²) in [6.07, 6.45) is 15.8. The molecule has 0 aromatic heterocycles. The van der Waals surface area contributed by atoms with Crippen molar-refractivity contribution in [2.75, 3.05) is 0 Å².